The number of nitrogens with two attached hydrogens (primary N) is 1. The molecular formula is C13H17FN2O3S. The zero-order valence-corrected chi connectivity index (χ0v) is 12.1. The molecule has 1 saturated carbocycles. The number of carbonyl (C=O) groups is 1. The predicted octanol–water partition coefficient (Wildman–Crippen LogP) is 1.25. The van der Waals surface area contributed by atoms with E-state index in [1.165, 1.54) is 0 Å². The fourth-order valence-corrected chi connectivity index (χ4v) is 2.62. The normalized spacial score (nSPS) is 20.5. The van der Waals surface area contributed by atoms with E-state index in [4.69, 9.17) is 5.14 Å². The summed E-state index contributed by atoms with van der Waals surface area (Å²) in [5, 5.41) is 7.55. The molecule has 0 heterocycles. The summed E-state index contributed by atoms with van der Waals surface area (Å²) in [7, 11) is -3.97. The number of halogens is 1. The lowest BCUT2D eigenvalue weighted by Gasteiger charge is -2.08. The van der Waals surface area contributed by atoms with Gasteiger partial charge in [-0.1, -0.05) is 13.8 Å². The van der Waals surface area contributed by atoms with Crippen LogP contribution in [0.3, 0.4) is 0 Å². The van der Waals surface area contributed by atoms with E-state index >= 15 is 0 Å². The number of hydrogen-bond acceptors (Lipinski definition) is 3. The van der Waals surface area contributed by atoms with Crippen LogP contribution in [0.2, 0.25) is 0 Å². The highest BCUT2D eigenvalue weighted by Crippen LogP contribution is 2.50. The van der Waals surface area contributed by atoms with E-state index in [9.17, 15) is 17.6 Å². The van der Waals surface area contributed by atoms with Crippen molar-refractivity contribution in [1.82, 2.24) is 5.32 Å². The van der Waals surface area contributed by atoms with Crippen molar-refractivity contribution < 1.29 is 17.6 Å². The number of sulfonamides is 1. The van der Waals surface area contributed by atoms with Gasteiger partial charge in [0.05, 0.1) is 10.5 Å². The summed E-state index contributed by atoms with van der Waals surface area (Å²) in [5.41, 5.74) is 0.0411. The first kappa shape index (κ1) is 14.9. The lowest BCUT2D eigenvalue weighted by atomic mass is 10.1. The van der Waals surface area contributed by atoms with Crippen LogP contribution >= 0.6 is 0 Å². The average molecular weight is 300 g/mol. The minimum atomic E-state index is -3.97. The molecule has 1 aromatic rings. The Bertz CT molecular complexity index is 656. The molecule has 1 atom stereocenters. The molecule has 3 N–H and O–H groups in total. The van der Waals surface area contributed by atoms with E-state index in [2.05, 4.69) is 19.2 Å². The van der Waals surface area contributed by atoms with Crippen LogP contribution in [0.1, 0.15) is 30.6 Å². The molecule has 2 rings (SSSR count). The molecule has 20 heavy (non-hydrogen) atoms. The smallest absolute Gasteiger partial charge is 0.254 e. The Balaban J connectivity index is 2.07. The van der Waals surface area contributed by atoms with E-state index in [1.54, 1.807) is 0 Å². The maximum absolute atomic E-state index is 13.7. The Morgan fingerprint density at radius 1 is 1.50 bits per heavy atom. The Morgan fingerprint density at radius 3 is 2.55 bits per heavy atom. The molecule has 0 aromatic heterocycles. The number of primary sulfonamides is 1. The first-order chi connectivity index (χ1) is 9.11. The summed E-state index contributed by atoms with van der Waals surface area (Å²) < 4.78 is 35.9. The number of hydrogen-bond donors (Lipinski definition) is 2. The van der Waals surface area contributed by atoms with Gasteiger partial charge < -0.3 is 5.32 Å². The maximum atomic E-state index is 13.7. The lowest BCUT2D eigenvalue weighted by Crippen LogP contribution is -2.27. The van der Waals surface area contributed by atoms with Crippen molar-refractivity contribution in [3.05, 3.63) is 29.6 Å². The third kappa shape index (κ3) is 3.16. The van der Waals surface area contributed by atoms with Crippen LogP contribution in [-0.4, -0.2) is 20.9 Å². The molecule has 1 amide bonds. The summed E-state index contributed by atoms with van der Waals surface area (Å²) in [5.74, 6) is -1.05. The maximum Gasteiger partial charge on any atom is 0.254 e. The van der Waals surface area contributed by atoms with Crippen LogP contribution in [0, 0.1) is 17.2 Å². The standard InChI is InChI=1S/C13H17FN2O3S/c1-13(2)6-8(13)7-16-12(17)10-4-3-9(5-11(10)14)20(15,18)19/h3-5,8H,6-7H2,1-2H3,(H,16,17)(H2,15,18,19). The molecule has 5 nitrogen and oxygen atoms in total. The van der Waals surface area contributed by atoms with E-state index in [0.717, 1.165) is 24.6 Å². The molecule has 0 aliphatic heterocycles. The largest absolute Gasteiger partial charge is 0.352 e. The monoisotopic (exact) mass is 300 g/mol. The number of carbonyl (C=O) groups excluding carboxylic acids is 1. The van der Waals surface area contributed by atoms with Crippen LogP contribution in [0.5, 0.6) is 0 Å². The number of rotatable bonds is 4. The summed E-state index contributed by atoms with van der Waals surface area (Å²) >= 11 is 0. The third-order valence-electron chi connectivity index (χ3n) is 3.74. The van der Waals surface area contributed by atoms with Crippen molar-refractivity contribution in [3.8, 4) is 0 Å². The number of amides is 1. The fourth-order valence-electron chi connectivity index (χ4n) is 2.09. The first-order valence-corrected chi connectivity index (χ1v) is 7.76. The fraction of sp³-hybridized carbons (Fsp3) is 0.462. The van der Waals surface area contributed by atoms with Gasteiger partial charge in [0.25, 0.3) is 5.91 Å². The van der Waals surface area contributed by atoms with Gasteiger partial charge >= 0.3 is 0 Å². The van der Waals surface area contributed by atoms with Crippen molar-refractivity contribution >= 4 is 15.9 Å². The van der Waals surface area contributed by atoms with Crippen molar-refractivity contribution in [2.24, 2.45) is 16.5 Å². The van der Waals surface area contributed by atoms with Crippen LogP contribution in [0.15, 0.2) is 23.1 Å². The summed E-state index contributed by atoms with van der Waals surface area (Å²) in [6.45, 7) is 4.69. The molecule has 1 aromatic carbocycles. The van der Waals surface area contributed by atoms with Gasteiger partial charge in [-0.25, -0.2) is 17.9 Å². The van der Waals surface area contributed by atoms with Crippen molar-refractivity contribution in [3.63, 3.8) is 0 Å². The minimum Gasteiger partial charge on any atom is -0.352 e. The van der Waals surface area contributed by atoms with Crippen molar-refractivity contribution in [2.45, 2.75) is 25.2 Å². The van der Waals surface area contributed by atoms with Gasteiger partial charge in [0, 0.05) is 6.54 Å². The van der Waals surface area contributed by atoms with E-state index < -0.39 is 21.7 Å². The number of benzene rings is 1. The first-order valence-electron chi connectivity index (χ1n) is 6.22. The van der Waals surface area contributed by atoms with Gasteiger partial charge in [0.1, 0.15) is 5.82 Å². The van der Waals surface area contributed by atoms with Crippen LogP contribution < -0.4 is 10.5 Å². The van der Waals surface area contributed by atoms with Gasteiger partial charge in [0.15, 0.2) is 0 Å². The quantitative estimate of drug-likeness (QED) is 0.877. The highest BCUT2D eigenvalue weighted by atomic mass is 32.2. The van der Waals surface area contributed by atoms with Crippen molar-refractivity contribution in [2.75, 3.05) is 6.54 Å². The molecule has 1 fully saturated rings. The zero-order valence-electron chi connectivity index (χ0n) is 11.3. The summed E-state index contributed by atoms with van der Waals surface area (Å²) in [6, 6.07) is 3.00. The molecule has 1 aliphatic carbocycles. The third-order valence-corrected chi connectivity index (χ3v) is 4.65. The average Bonchev–Trinajstić information content (AvgIpc) is 2.92. The zero-order chi connectivity index (χ0) is 15.1. The van der Waals surface area contributed by atoms with Crippen LogP contribution in [0.4, 0.5) is 4.39 Å². The van der Waals surface area contributed by atoms with Gasteiger partial charge in [-0.15, -0.1) is 0 Å². The van der Waals surface area contributed by atoms with Gasteiger partial charge in [0.2, 0.25) is 10.0 Å². The van der Waals surface area contributed by atoms with Gasteiger partial charge in [-0.2, -0.15) is 0 Å². The molecule has 0 bridgehead atoms. The van der Waals surface area contributed by atoms with Gasteiger partial charge in [-0.3, -0.25) is 4.79 Å². The highest BCUT2D eigenvalue weighted by molar-refractivity contribution is 7.89. The molecular weight excluding hydrogens is 283 g/mol. The molecule has 0 radical (unpaired) electrons. The molecule has 1 unspecified atom stereocenters. The molecule has 0 spiro atoms. The Kier molecular flexibility index (Phi) is 3.60. The summed E-state index contributed by atoms with van der Waals surface area (Å²) in [4.78, 5) is 11.5. The van der Waals surface area contributed by atoms with Crippen LogP contribution in [0.25, 0.3) is 0 Å². The lowest BCUT2D eigenvalue weighted by molar-refractivity contribution is 0.0946. The number of nitrogens with one attached hydrogen (secondary N) is 1. The Morgan fingerprint density at radius 2 is 2.10 bits per heavy atom. The Hall–Kier alpha value is -1.47. The predicted molar refractivity (Wildman–Crippen MR) is 72.0 cm³/mol. The summed E-state index contributed by atoms with van der Waals surface area (Å²) in [6.07, 6.45) is 1.03. The molecule has 110 valence electrons. The molecule has 1 aliphatic rings. The van der Waals surface area contributed by atoms with E-state index in [1.807, 2.05) is 0 Å². The Labute approximate surface area is 117 Å². The van der Waals surface area contributed by atoms with E-state index in [0.29, 0.717) is 12.5 Å². The van der Waals surface area contributed by atoms with E-state index in [-0.39, 0.29) is 15.9 Å². The van der Waals surface area contributed by atoms with Crippen LogP contribution in [-0.2, 0) is 10.0 Å². The topological polar surface area (TPSA) is 89.3 Å². The van der Waals surface area contributed by atoms with Crippen molar-refractivity contribution in [1.29, 1.82) is 0 Å². The highest BCUT2D eigenvalue weighted by Gasteiger charge is 2.45. The second-order valence-electron chi connectivity index (χ2n) is 5.79. The SMILES string of the molecule is CC1(C)CC1CNC(=O)c1ccc(S(N)(=O)=O)cc1F. The second kappa shape index (κ2) is 4.82. The second-order valence-corrected chi connectivity index (χ2v) is 7.35. The van der Waals surface area contributed by atoms with Gasteiger partial charge in [-0.05, 0) is 36.0 Å². The molecule has 7 heteroatoms. The minimum absolute atomic E-state index is 0.184. The molecule has 0 saturated heterocycles.